The van der Waals surface area contributed by atoms with Gasteiger partial charge in [-0.1, -0.05) is 48.0 Å². The third-order valence-electron chi connectivity index (χ3n) is 7.61. The molecule has 5 rings (SSSR count). The summed E-state index contributed by atoms with van der Waals surface area (Å²) in [5.41, 5.74) is 1.86. The summed E-state index contributed by atoms with van der Waals surface area (Å²) in [6.45, 7) is 2.75. The number of rotatable bonds is 4. The molecule has 1 N–H and O–H groups in total. The molecule has 208 valence electrons. The van der Waals surface area contributed by atoms with Gasteiger partial charge in [-0.2, -0.15) is 13.2 Å². The van der Waals surface area contributed by atoms with Crippen LogP contribution in [-0.2, 0) is 23.9 Å². The van der Waals surface area contributed by atoms with Gasteiger partial charge in [0.05, 0.1) is 18.9 Å². The Morgan fingerprint density at radius 1 is 1.10 bits per heavy atom. The van der Waals surface area contributed by atoms with Crippen molar-refractivity contribution >= 4 is 35.4 Å². The lowest BCUT2D eigenvalue weighted by Gasteiger charge is -2.36. The number of amides is 2. The second-order valence-electron chi connectivity index (χ2n) is 9.52. The first kappa shape index (κ1) is 28.6. The van der Waals surface area contributed by atoms with E-state index in [0.717, 1.165) is 23.1 Å². The Morgan fingerprint density at radius 2 is 1.74 bits per heavy atom. The molecule has 39 heavy (non-hydrogen) atoms. The fourth-order valence-corrected chi connectivity index (χ4v) is 6.30. The van der Waals surface area contributed by atoms with Crippen LogP contribution in [0.4, 0.5) is 13.2 Å². The first-order chi connectivity index (χ1) is 18.4. The third kappa shape index (κ3) is 4.78. The number of ether oxygens (including phenoxy) is 1. The molecule has 4 atom stereocenters. The number of fused-ring (bicyclic) bond motifs is 3. The van der Waals surface area contributed by atoms with Crippen molar-refractivity contribution in [2.24, 2.45) is 11.8 Å². The molecule has 3 unspecified atom stereocenters. The fraction of sp³-hybridized carbons (Fsp3) is 0.407. The SMILES string of the molecule is CCN1C(=O)C2C(c3ccc(-c4cccc(Cl)c4)cc3)N3CCC[C@@]3(C(=O)OC)C2C1=O.O=C(O)C(F)(F)F. The smallest absolute Gasteiger partial charge is 0.475 e. The molecule has 0 spiro atoms. The van der Waals surface area contributed by atoms with Gasteiger partial charge in [0.1, 0.15) is 5.54 Å². The zero-order valence-electron chi connectivity index (χ0n) is 21.1. The van der Waals surface area contributed by atoms with Gasteiger partial charge in [-0.25, -0.2) is 4.79 Å². The number of aliphatic carboxylic acids is 1. The number of alkyl halides is 3. The van der Waals surface area contributed by atoms with Crippen LogP contribution in [0.3, 0.4) is 0 Å². The fourth-order valence-electron chi connectivity index (χ4n) is 6.11. The highest BCUT2D eigenvalue weighted by atomic mass is 35.5. The summed E-state index contributed by atoms with van der Waals surface area (Å²) in [7, 11) is 1.36. The van der Waals surface area contributed by atoms with E-state index in [4.69, 9.17) is 26.2 Å². The maximum atomic E-state index is 13.3. The lowest BCUT2D eigenvalue weighted by atomic mass is 9.77. The van der Waals surface area contributed by atoms with E-state index in [1.807, 2.05) is 48.5 Å². The van der Waals surface area contributed by atoms with Crippen LogP contribution in [0.5, 0.6) is 0 Å². The Balaban J connectivity index is 0.000000448. The molecular formula is C27H26ClF3N2O6. The van der Waals surface area contributed by atoms with Gasteiger partial charge in [0.15, 0.2) is 0 Å². The Hall–Kier alpha value is -3.44. The van der Waals surface area contributed by atoms with E-state index in [2.05, 4.69) is 4.90 Å². The highest BCUT2D eigenvalue weighted by Crippen LogP contribution is 2.59. The van der Waals surface area contributed by atoms with Crippen LogP contribution >= 0.6 is 11.6 Å². The molecule has 3 fully saturated rings. The van der Waals surface area contributed by atoms with Crippen molar-refractivity contribution in [3.05, 3.63) is 59.1 Å². The molecule has 0 bridgehead atoms. The lowest BCUT2D eigenvalue weighted by Crippen LogP contribution is -2.54. The Kier molecular flexibility index (Phi) is 7.77. The van der Waals surface area contributed by atoms with E-state index in [9.17, 15) is 27.6 Å². The molecule has 12 heteroatoms. The average Bonchev–Trinajstić information content (AvgIpc) is 3.52. The van der Waals surface area contributed by atoms with Crippen LogP contribution in [0, 0.1) is 11.8 Å². The monoisotopic (exact) mass is 566 g/mol. The average molecular weight is 567 g/mol. The number of carboxylic acid groups (broad SMARTS) is 1. The van der Waals surface area contributed by atoms with Crippen LogP contribution in [-0.4, -0.2) is 70.6 Å². The van der Waals surface area contributed by atoms with Crippen LogP contribution in [0.25, 0.3) is 11.1 Å². The number of hydrogen-bond acceptors (Lipinski definition) is 6. The van der Waals surface area contributed by atoms with Gasteiger partial charge in [0.25, 0.3) is 0 Å². The molecule has 3 saturated heterocycles. The van der Waals surface area contributed by atoms with Crippen molar-refractivity contribution < 1.29 is 42.2 Å². The van der Waals surface area contributed by atoms with E-state index in [1.54, 1.807) is 6.92 Å². The molecule has 2 amide bonds. The Bertz CT molecular complexity index is 1300. The number of carbonyl (C=O) groups is 4. The number of esters is 1. The summed E-state index contributed by atoms with van der Waals surface area (Å²) >= 11 is 6.14. The van der Waals surface area contributed by atoms with Crippen LogP contribution in [0.15, 0.2) is 48.5 Å². The summed E-state index contributed by atoms with van der Waals surface area (Å²) in [5, 5.41) is 7.79. The van der Waals surface area contributed by atoms with E-state index in [0.29, 0.717) is 24.5 Å². The second-order valence-corrected chi connectivity index (χ2v) is 9.95. The van der Waals surface area contributed by atoms with E-state index in [1.165, 1.54) is 12.0 Å². The van der Waals surface area contributed by atoms with E-state index >= 15 is 0 Å². The number of carboxylic acids is 1. The number of carbonyl (C=O) groups excluding carboxylic acids is 3. The summed E-state index contributed by atoms with van der Waals surface area (Å²) in [4.78, 5) is 52.0. The van der Waals surface area contributed by atoms with Gasteiger partial charge in [0.2, 0.25) is 11.8 Å². The van der Waals surface area contributed by atoms with E-state index in [-0.39, 0.29) is 17.9 Å². The van der Waals surface area contributed by atoms with Crippen molar-refractivity contribution in [2.45, 2.75) is 37.5 Å². The van der Waals surface area contributed by atoms with E-state index < -0.39 is 35.5 Å². The summed E-state index contributed by atoms with van der Waals surface area (Å²) in [6.07, 6.45) is -3.78. The van der Waals surface area contributed by atoms with Crippen molar-refractivity contribution in [3.8, 4) is 11.1 Å². The lowest BCUT2D eigenvalue weighted by molar-refractivity contribution is -0.192. The number of methoxy groups -OCH3 is 1. The molecule has 2 aromatic rings. The molecule has 3 aliphatic heterocycles. The second kappa shape index (κ2) is 10.6. The van der Waals surface area contributed by atoms with Crippen LogP contribution in [0.2, 0.25) is 5.02 Å². The zero-order valence-corrected chi connectivity index (χ0v) is 21.8. The highest BCUT2D eigenvalue weighted by molar-refractivity contribution is 6.30. The number of likely N-dealkylation sites (tertiary alicyclic amines) is 1. The molecule has 2 aromatic carbocycles. The van der Waals surface area contributed by atoms with Gasteiger partial charge in [-0.3, -0.25) is 24.2 Å². The predicted molar refractivity (Wildman–Crippen MR) is 133 cm³/mol. The minimum Gasteiger partial charge on any atom is -0.475 e. The van der Waals surface area contributed by atoms with Gasteiger partial charge >= 0.3 is 18.1 Å². The van der Waals surface area contributed by atoms with Gasteiger partial charge in [0, 0.05) is 17.6 Å². The number of imide groups is 1. The zero-order chi connectivity index (χ0) is 28.7. The third-order valence-corrected chi connectivity index (χ3v) is 7.85. The number of nitrogens with zero attached hydrogens (tertiary/aromatic N) is 2. The normalized spacial score (nSPS) is 26.1. The Labute approximate surface area is 227 Å². The van der Waals surface area contributed by atoms with Crippen molar-refractivity contribution in [1.29, 1.82) is 0 Å². The van der Waals surface area contributed by atoms with Crippen molar-refractivity contribution in [2.75, 3.05) is 20.2 Å². The minimum absolute atomic E-state index is 0.191. The molecular weight excluding hydrogens is 541 g/mol. The molecule has 8 nitrogen and oxygen atoms in total. The first-order valence-corrected chi connectivity index (χ1v) is 12.6. The standard InChI is InChI=1S/C25H25ClN2O4.C2HF3O2/c1-3-27-22(29)19-20(23(27)30)25(24(31)32-2)12-5-13-28(25)21(19)16-10-8-15(9-11-16)17-6-4-7-18(26)14-17;3-2(4,5)1(6)7/h4,6-11,14,19-21H,3,5,12-13H2,1-2H3;(H,6,7)/t19?,20?,21?,25-;/m0./s1. The van der Waals surface area contributed by atoms with Gasteiger partial charge in [-0.15, -0.1) is 0 Å². The molecule has 0 radical (unpaired) electrons. The maximum Gasteiger partial charge on any atom is 0.490 e. The predicted octanol–water partition coefficient (Wildman–Crippen LogP) is 4.32. The Morgan fingerprint density at radius 3 is 2.28 bits per heavy atom. The maximum absolute atomic E-state index is 13.3. The number of hydrogen-bond donors (Lipinski definition) is 1. The minimum atomic E-state index is -5.08. The molecule has 3 aliphatic rings. The quantitative estimate of drug-likeness (QED) is 0.434. The number of benzene rings is 2. The summed E-state index contributed by atoms with van der Waals surface area (Å²) in [5.74, 6) is -4.90. The van der Waals surface area contributed by atoms with Crippen LogP contribution < -0.4 is 0 Å². The summed E-state index contributed by atoms with van der Waals surface area (Å²) in [6, 6.07) is 15.3. The topological polar surface area (TPSA) is 104 Å². The number of halogens is 4. The summed E-state index contributed by atoms with van der Waals surface area (Å²) < 4.78 is 36.9. The van der Waals surface area contributed by atoms with Crippen molar-refractivity contribution in [1.82, 2.24) is 9.80 Å². The van der Waals surface area contributed by atoms with Gasteiger partial charge < -0.3 is 9.84 Å². The highest BCUT2D eigenvalue weighted by Gasteiger charge is 2.73. The van der Waals surface area contributed by atoms with Crippen LogP contribution in [0.1, 0.15) is 31.4 Å². The molecule has 0 saturated carbocycles. The van der Waals surface area contributed by atoms with Crippen molar-refractivity contribution in [3.63, 3.8) is 0 Å². The largest absolute Gasteiger partial charge is 0.490 e. The molecule has 0 aliphatic carbocycles. The molecule has 3 heterocycles. The van der Waals surface area contributed by atoms with Gasteiger partial charge in [-0.05, 0) is 55.1 Å². The first-order valence-electron chi connectivity index (χ1n) is 12.2. The molecule has 0 aromatic heterocycles.